The number of nitrogens with zero attached hydrogens (tertiary/aromatic N) is 4. The van der Waals surface area contributed by atoms with Crippen molar-refractivity contribution in [3.8, 4) is 5.75 Å². The van der Waals surface area contributed by atoms with E-state index in [2.05, 4.69) is 5.10 Å². The molecule has 0 fully saturated rings. The molecule has 0 spiro atoms. The summed E-state index contributed by atoms with van der Waals surface area (Å²) in [5.74, 6) is 0.845. The second kappa shape index (κ2) is 9.54. The summed E-state index contributed by atoms with van der Waals surface area (Å²) in [6.45, 7) is 4.39. The average Bonchev–Trinajstić information content (AvgIpc) is 3.15. The van der Waals surface area contributed by atoms with Crippen molar-refractivity contribution >= 4 is 22.8 Å². The van der Waals surface area contributed by atoms with Gasteiger partial charge in [0.05, 0.1) is 24.9 Å². The van der Waals surface area contributed by atoms with Crippen molar-refractivity contribution in [2.24, 2.45) is 0 Å². The predicted molar refractivity (Wildman–Crippen MR) is 125 cm³/mol. The number of hydrogen-bond acceptors (Lipinski definition) is 5. The molecule has 0 amide bonds. The van der Waals surface area contributed by atoms with E-state index in [1.54, 1.807) is 24.8 Å². The fourth-order valence-electron chi connectivity index (χ4n) is 3.76. The molecule has 0 saturated carbocycles. The van der Waals surface area contributed by atoms with Crippen LogP contribution >= 0.6 is 11.8 Å². The predicted octanol–water partition coefficient (Wildman–Crippen LogP) is 5.29. The monoisotopic (exact) mass is 488 g/mol. The van der Waals surface area contributed by atoms with Gasteiger partial charge in [0.2, 0.25) is 0 Å². The number of fused-ring (bicyclic) bond motifs is 1. The highest BCUT2D eigenvalue weighted by Gasteiger charge is 2.30. The summed E-state index contributed by atoms with van der Waals surface area (Å²) in [7, 11) is 1.56. The Bertz CT molecular complexity index is 1400. The minimum absolute atomic E-state index is 0.199. The molecular formula is C24H23F3N4O2S. The molecule has 10 heteroatoms. The van der Waals surface area contributed by atoms with Gasteiger partial charge >= 0.3 is 6.18 Å². The molecule has 0 N–H and O–H groups in total. The molecule has 178 valence electrons. The van der Waals surface area contributed by atoms with Gasteiger partial charge in [-0.15, -0.1) is 0 Å². The Balaban J connectivity index is 1.79. The van der Waals surface area contributed by atoms with E-state index >= 15 is 0 Å². The van der Waals surface area contributed by atoms with E-state index in [9.17, 15) is 18.0 Å². The molecule has 6 nitrogen and oxygen atoms in total. The Hall–Kier alpha value is -3.27. The smallest absolute Gasteiger partial charge is 0.416 e. The van der Waals surface area contributed by atoms with E-state index in [1.807, 2.05) is 31.2 Å². The van der Waals surface area contributed by atoms with Crippen LogP contribution in [0.5, 0.6) is 5.75 Å². The van der Waals surface area contributed by atoms with Gasteiger partial charge in [0.1, 0.15) is 11.3 Å². The maximum Gasteiger partial charge on any atom is 0.416 e. The Morgan fingerprint density at radius 3 is 2.59 bits per heavy atom. The van der Waals surface area contributed by atoms with E-state index in [0.717, 1.165) is 17.7 Å². The first-order valence-electron chi connectivity index (χ1n) is 10.6. The summed E-state index contributed by atoms with van der Waals surface area (Å²) in [5, 5.41) is 4.83. The standard InChI is InChI=1S/C24H23F3N4O2S/c1-4-31-21-20(15(2)29-31)28-23(34-14-16-8-7-10-18(12-16)24(25,26)27)30(22(21)32)13-17-9-5-6-11-19(17)33-3/h5-12H,4,13-14H2,1-3H3. The quantitative estimate of drug-likeness (QED) is 0.261. The Labute approximate surface area is 198 Å². The van der Waals surface area contributed by atoms with Gasteiger partial charge in [-0.1, -0.05) is 48.2 Å². The van der Waals surface area contributed by atoms with Crippen LogP contribution in [0.3, 0.4) is 0 Å². The highest BCUT2D eigenvalue weighted by molar-refractivity contribution is 7.98. The largest absolute Gasteiger partial charge is 0.496 e. The molecule has 2 aromatic carbocycles. The molecule has 34 heavy (non-hydrogen) atoms. The zero-order valence-corrected chi connectivity index (χ0v) is 19.7. The lowest BCUT2D eigenvalue weighted by Gasteiger charge is -2.15. The SMILES string of the molecule is CCn1nc(C)c2nc(SCc3cccc(C(F)(F)F)c3)n(Cc3ccccc3OC)c(=O)c21. The minimum atomic E-state index is -4.42. The lowest BCUT2D eigenvalue weighted by molar-refractivity contribution is -0.137. The van der Waals surface area contributed by atoms with E-state index in [1.165, 1.54) is 22.4 Å². The number of aromatic nitrogens is 4. The van der Waals surface area contributed by atoms with Crippen LogP contribution in [0, 0.1) is 6.92 Å². The molecule has 0 atom stereocenters. The van der Waals surface area contributed by atoms with Gasteiger partial charge in [-0.2, -0.15) is 18.3 Å². The number of benzene rings is 2. The molecule has 0 aliphatic carbocycles. The van der Waals surface area contributed by atoms with Crippen LogP contribution in [0.4, 0.5) is 13.2 Å². The first-order valence-corrected chi connectivity index (χ1v) is 11.6. The van der Waals surface area contributed by atoms with Crippen molar-refractivity contribution in [1.29, 1.82) is 0 Å². The number of hydrogen-bond donors (Lipinski definition) is 0. The highest BCUT2D eigenvalue weighted by atomic mass is 32.2. The van der Waals surface area contributed by atoms with Crippen LogP contribution in [0.2, 0.25) is 0 Å². The summed E-state index contributed by atoms with van der Waals surface area (Å²) in [4.78, 5) is 18.3. The summed E-state index contributed by atoms with van der Waals surface area (Å²) >= 11 is 1.21. The second-order valence-electron chi connectivity index (χ2n) is 7.68. The Morgan fingerprint density at radius 2 is 1.88 bits per heavy atom. The molecule has 0 bridgehead atoms. The number of para-hydroxylation sites is 1. The maximum absolute atomic E-state index is 13.6. The zero-order chi connectivity index (χ0) is 24.5. The van der Waals surface area contributed by atoms with Crippen LogP contribution in [-0.4, -0.2) is 26.4 Å². The summed E-state index contributed by atoms with van der Waals surface area (Å²) in [6, 6.07) is 12.5. The number of halogens is 3. The van der Waals surface area contributed by atoms with Gasteiger partial charge in [0, 0.05) is 17.9 Å². The fraction of sp³-hybridized carbons (Fsp3) is 0.292. The van der Waals surface area contributed by atoms with E-state index in [0.29, 0.717) is 39.7 Å². The van der Waals surface area contributed by atoms with E-state index in [-0.39, 0.29) is 17.9 Å². The molecule has 0 unspecified atom stereocenters. The molecule has 0 radical (unpaired) electrons. The number of rotatable bonds is 7. The molecule has 4 aromatic rings. The third-order valence-electron chi connectivity index (χ3n) is 5.42. The fourth-order valence-corrected chi connectivity index (χ4v) is 4.69. The van der Waals surface area contributed by atoms with Crippen molar-refractivity contribution in [1.82, 2.24) is 19.3 Å². The first-order chi connectivity index (χ1) is 16.2. The maximum atomic E-state index is 13.6. The number of alkyl halides is 3. The molecular weight excluding hydrogens is 465 g/mol. The van der Waals surface area contributed by atoms with Crippen molar-refractivity contribution in [2.75, 3.05) is 7.11 Å². The van der Waals surface area contributed by atoms with E-state index < -0.39 is 11.7 Å². The lowest BCUT2D eigenvalue weighted by atomic mass is 10.1. The van der Waals surface area contributed by atoms with Gasteiger partial charge in [-0.25, -0.2) is 4.98 Å². The molecule has 0 saturated heterocycles. The molecule has 2 heterocycles. The lowest BCUT2D eigenvalue weighted by Crippen LogP contribution is -2.26. The topological polar surface area (TPSA) is 61.9 Å². The second-order valence-corrected chi connectivity index (χ2v) is 8.63. The highest BCUT2D eigenvalue weighted by Crippen LogP contribution is 2.31. The van der Waals surface area contributed by atoms with Gasteiger partial charge in [0.15, 0.2) is 10.7 Å². The summed E-state index contributed by atoms with van der Waals surface area (Å²) < 4.78 is 48.0. The van der Waals surface area contributed by atoms with Crippen molar-refractivity contribution in [3.63, 3.8) is 0 Å². The Kier molecular flexibility index (Phi) is 6.70. The number of thioether (sulfide) groups is 1. The van der Waals surface area contributed by atoms with Crippen molar-refractivity contribution in [3.05, 3.63) is 81.3 Å². The summed E-state index contributed by atoms with van der Waals surface area (Å²) in [5.41, 5.74) is 1.82. The van der Waals surface area contributed by atoms with Crippen LogP contribution in [-0.2, 0) is 25.0 Å². The van der Waals surface area contributed by atoms with Crippen LogP contribution in [0.1, 0.15) is 29.3 Å². The molecule has 0 aliphatic heterocycles. The van der Waals surface area contributed by atoms with E-state index in [4.69, 9.17) is 9.72 Å². The molecule has 0 aliphatic rings. The van der Waals surface area contributed by atoms with Crippen LogP contribution in [0.25, 0.3) is 11.0 Å². The number of aryl methyl sites for hydroxylation is 2. The third-order valence-corrected chi connectivity index (χ3v) is 6.47. The Morgan fingerprint density at radius 1 is 1.12 bits per heavy atom. The number of ether oxygens (including phenoxy) is 1. The minimum Gasteiger partial charge on any atom is -0.496 e. The molecule has 2 aromatic heterocycles. The zero-order valence-electron chi connectivity index (χ0n) is 18.9. The van der Waals surface area contributed by atoms with Gasteiger partial charge in [-0.05, 0) is 31.5 Å². The van der Waals surface area contributed by atoms with Gasteiger partial charge in [-0.3, -0.25) is 14.0 Å². The third kappa shape index (κ3) is 4.68. The van der Waals surface area contributed by atoms with Gasteiger partial charge < -0.3 is 4.74 Å². The number of methoxy groups -OCH3 is 1. The first kappa shape index (κ1) is 23.9. The van der Waals surface area contributed by atoms with Crippen LogP contribution in [0.15, 0.2) is 58.5 Å². The average molecular weight is 489 g/mol. The summed E-state index contributed by atoms with van der Waals surface area (Å²) in [6.07, 6.45) is -4.42. The van der Waals surface area contributed by atoms with Gasteiger partial charge in [0.25, 0.3) is 5.56 Å². The van der Waals surface area contributed by atoms with Crippen LogP contribution < -0.4 is 10.3 Å². The van der Waals surface area contributed by atoms with Crippen molar-refractivity contribution in [2.45, 2.75) is 44.0 Å². The van der Waals surface area contributed by atoms with Crippen molar-refractivity contribution < 1.29 is 17.9 Å². The molecule has 4 rings (SSSR count). The normalized spacial score (nSPS) is 11.8.